The quantitative estimate of drug-likeness (QED) is 0.322. The minimum absolute atomic E-state index is 0.0362. The lowest BCUT2D eigenvalue weighted by Crippen LogP contribution is -2.20. The van der Waals surface area contributed by atoms with Gasteiger partial charge in [0.25, 0.3) is 11.9 Å². The molecule has 9 heteroatoms. The van der Waals surface area contributed by atoms with E-state index in [9.17, 15) is 9.90 Å². The SMILES string of the molecule is C=C(OCC(O)CO)Oc1c(OC)cccc1C(=O)N=[N+]=[N-]. The van der Waals surface area contributed by atoms with Crippen LogP contribution in [0.4, 0.5) is 0 Å². The average Bonchev–Trinajstić information content (AvgIpc) is 2.52. The van der Waals surface area contributed by atoms with E-state index in [2.05, 4.69) is 16.6 Å². The zero-order valence-electron chi connectivity index (χ0n) is 11.8. The Morgan fingerprint density at radius 2 is 2.27 bits per heavy atom. The molecule has 0 aliphatic carbocycles. The van der Waals surface area contributed by atoms with Gasteiger partial charge >= 0.3 is 0 Å². The van der Waals surface area contributed by atoms with Crippen molar-refractivity contribution < 1.29 is 29.2 Å². The monoisotopic (exact) mass is 309 g/mol. The number of para-hydroxylation sites is 1. The fourth-order valence-corrected chi connectivity index (χ4v) is 1.43. The third-order valence-electron chi connectivity index (χ3n) is 2.43. The lowest BCUT2D eigenvalue weighted by atomic mass is 10.2. The molecule has 1 atom stereocenters. The number of amides is 1. The molecular weight excluding hydrogens is 294 g/mol. The first-order chi connectivity index (χ1) is 10.5. The molecule has 0 fully saturated rings. The molecule has 0 aliphatic rings. The smallest absolute Gasteiger partial charge is 0.277 e. The summed E-state index contributed by atoms with van der Waals surface area (Å²) in [7, 11) is 1.36. The van der Waals surface area contributed by atoms with Crippen LogP contribution < -0.4 is 9.47 Å². The van der Waals surface area contributed by atoms with E-state index in [1.807, 2.05) is 0 Å². The first-order valence-electron chi connectivity index (χ1n) is 6.08. The molecule has 9 nitrogen and oxygen atoms in total. The zero-order valence-corrected chi connectivity index (χ0v) is 11.8. The third-order valence-corrected chi connectivity index (χ3v) is 2.43. The Hall–Kier alpha value is -2.74. The molecule has 1 aromatic rings. The maximum atomic E-state index is 11.7. The molecule has 1 aromatic carbocycles. The molecule has 2 N–H and O–H groups in total. The number of azide groups is 1. The van der Waals surface area contributed by atoms with Crippen LogP contribution in [0.15, 0.2) is 35.8 Å². The van der Waals surface area contributed by atoms with Crippen LogP contribution in [0.3, 0.4) is 0 Å². The van der Waals surface area contributed by atoms with Gasteiger partial charge in [-0.2, -0.15) is 0 Å². The summed E-state index contributed by atoms with van der Waals surface area (Å²) >= 11 is 0. The maximum Gasteiger partial charge on any atom is 0.277 e. The van der Waals surface area contributed by atoms with Crippen molar-refractivity contribution in [2.45, 2.75) is 6.10 Å². The van der Waals surface area contributed by atoms with Crippen molar-refractivity contribution in [3.63, 3.8) is 0 Å². The molecule has 1 amide bonds. The number of carbonyl (C=O) groups excluding carboxylic acids is 1. The molecule has 0 saturated carbocycles. The molecule has 1 unspecified atom stereocenters. The second-order valence-corrected chi connectivity index (χ2v) is 3.95. The lowest BCUT2D eigenvalue weighted by Gasteiger charge is -2.16. The predicted octanol–water partition coefficient (Wildman–Crippen LogP) is 1.37. The van der Waals surface area contributed by atoms with Crippen LogP contribution in [-0.2, 0) is 4.74 Å². The summed E-state index contributed by atoms with van der Waals surface area (Å²) < 4.78 is 15.4. The maximum absolute atomic E-state index is 11.7. The summed E-state index contributed by atoms with van der Waals surface area (Å²) in [6.07, 6.45) is -1.10. The molecule has 0 radical (unpaired) electrons. The van der Waals surface area contributed by atoms with Crippen molar-refractivity contribution in [1.29, 1.82) is 0 Å². The largest absolute Gasteiger partial charge is 0.493 e. The Bertz CT molecular complexity index is 597. The van der Waals surface area contributed by atoms with Gasteiger partial charge in [0.05, 0.1) is 19.3 Å². The summed E-state index contributed by atoms with van der Waals surface area (Å²) in [6, 6.07) is 4.42. The van der Waals surface area contributed by atoms with Crippen molar-refractivity contribution in [3.05, 3.63) is 46.7 Å². The Morgan fingerprint density at radius 3 is 2.86 bits per heavy atom. The van der Waals surface area contributed by atoms with E-state index in [4.69, 9.17) is 24.8 Å². The van der Waals surface area contributed by atoms with Gasteiger partial charge in [0, 0.05) is 4.91 Å². The number of rotatable bonds is 8. The summed E-state index contributed by atoms with van der Waals surface area (Å²) in [5, 5.41) is 20.9. The summed E-state index contributed by atoms with van der Waals surface area (Å²) in [5.74, 6) is -0.927. The first-order valence-corrected chi connectivity index (χ1v) is 6.08. The van der Waals surface area contributed by atoms with Gasteiger partial charge in [0.2, 0.25) is 0 Å². The van der Waals surface area contributed by atoms with Gasteiger partial charge in [-0.15, -0.1) is 0 Å². The van der Waals surface area contributed by atoms with E-state index in [-0.39, 0.29) is 29.6 Å². The molecule has 0 saturated heterocycles. The Balaban J connectivity index is 2.98. The first kappa shape index (κ1) is 17.3. The Labute approximate surface area is 126 Å². The molecule has 0 bridgehead atoms. The van der Waals surface area contributed by atoms with Crippen LogP contribution in [0, 0.1) is 0 Å². The van der Waals surface area contributed by atoms with Gasteiger partial charge in [-0.1, -0.05) is 6.07 Å². The van der Waals surface area contributed by atoms with Gasteiger partial charge in [0.1, 0.15) is 12.7 Å². The van der Waals surface area contributed by atoms with E-state index in [1.54, 1.807) is 0 Å². The highest BCUT2D eigenvalue weighted by Crippen LogP contribution is 2.33. The zero-order chi connectivity index (χ0) is 16.5. The van der Waals surface area contributed by atoms with Crippen molar-refractivity contribution in [2.75, 3.05) is 20.3 Å². The topological polar surface area (TPSA) is 134 Å². The Morgan fingerprint density at radius 1 is 1.55 bits per heavy atom. The van der Waals surface area contributed by atoms with Crippen LogP contribution in [0.5, 0.6) is 11.5 Å². The van der Waals surface area contributed by atoms with Crippen molar-refractivity contribution >= 4 is 5.91 Å². The van der Waals surface area contributed by atoms with Gasteiger partial charge in [-0.25, -0.2) is 0 Å². The highest BCUT2D eigenvalue weighted by atomic mass is 16.7. The lowest BCUT2D eigenvalue weighted by molar-refractivity contribution is 0.00421. The highest BCUT2D eigenvalue weighted by molar-refractivity contribution is 5.98. The highest BCUT2D eigenvalue weighted by Gasteiger charge is 2.18. The van der Waals surface area contributed by atoms with Gasteiger partial charge in [-0.3, -0.25) is 4.79 Å². The number of aliphatic hydroxyl groups is 2. The molecule has 0 aromatic heterocycles. The van der Waals surface area contributed by atoms with E-state index in [0.717, 1.165) is 0 Å². The van der Waals surface area contributed by atoms with Crippen LogP contribution in [0.1, 0.15) is 10.4 Å². The molecule has 118 valence electrons. The molecule has 0 aliphatic heterocycles. The Kier molecular flexibility index (Phi) is 6.71. The van der Waals surface area contributed by atoms with Crippen LogP contribution in [-0.4, -0.2) is 42.5 Å². The average molecular weight is 309 g/mol. The summed E-state index contributed by atoms with van der Waals surface area (Å²) in [6.45, 7) is 2.74. The van der Waals surface area contributed by atoms with Crippen LogP contribution >= 0.6 is 0 Å². The second-order valence-electron chi connectivity index (χ2n) is 3.95. The number of ether oxygens (including phenoxy) is 3. The van der Waals surface area contributed by atoms with Crippen molar-refractivity contribution in [1.82, 2.24) is 0 Å². The fraction of sp³-hybridized carbons (Fsp3) is 0.308. The number of carbonyl (C=O) groups is 1. The molecule has 22 heavy (non-hydrogen) atoms. The van der Waals surface area contributed by atoms with Crippen molar-refractivity contribution in [2.24, 2.45) is 5.11 Å². The van der Waals surface area contributed by atoms with E-state index in [0.29, 0.717) is 0 Å². The number of benzene rings is 1. The predicted molar refractivity (Wildman–Crippen MR) is 75.3 cm³/mol. The van der Waals surface area contributed by atoms with Gasteiger partial charge in [-0.05, 0) is 29.4 Å². The van der Waals surface area contributed by atoms with Crippen LogP contribution in [0.25, 0.3) is 10.4 Å². The number of hydrogen-bond acceptors (Lipinski definition) is 6. The summed E-state index contributed by atoms with van der Waals surface area (Å²) in [4.78, 5) is 14.2. The van der Waals surface area contributed by atoms with E-state index < -0.39 is 18.6 Å². The van der Waals surface area contributed by atoms with Crippen LogP contribution in [0.2, 0.25) is 0 Å². The summed E-state index contributed by atoms with van der Waals surface area (Å²) in [5.41, 5.74) is 8.30. The number of nitrogens with zero attached hydrogens (tertiary/aromatic N) is 3. The normalized spacial score (nSPS) is 11.0. The number of methoxy groups -OCH3 is 1. The minimum Gasteiger partial charge on any atom is -0.493 e. The minimum atomic E-state index is -1.10. The fourth-order valence-electron chi connectivity index (χ4n) is 1.43. The molecule has 0 heterocycles. The van der Waals surface area contributed by atoms with Gasteiger partial charge in [0.15, 0.2) is 11.5 Å². The molecule has 0 spiro atoms. The molecule has 1 rings (SSSR count). The number of aliphatic hydroxyl groups excluding tert-OH is 2. The second kappa shape index (κ2) is 8.53. The van der Waals surface area contributed by atoms with Crippen molar-refractivity contribution in [3.8, 4) is 11.5 Å². The van der Waals surface area contributed by atoms with E-state index >= 15 is 0 Å². The standard InChI is InChI=1S/C13H15N3O6/c1-8(21-7-9(18)6-17)22-12-10(13(19)15-16-14)4-3-5-11(12)20-2/h3-5,9,17-18H,1,6-7H2,2H3. The molecular formula is C13H15N3O6. The number of hydrogen-bond donors (Lipinski definition) is 2. The van der Waals surface area contributed by atoms with Gasteiger partial charge < -0.3 is 24.4 Å². The third kappa shape index (κ3) is 4.67. The van der Waals surface area contributed by atoms with E-state index in [1.165, 1.54) is 25.3 Å².